The summed E-state index contributed by atoms with van der Waals surface area (Å²) in [5.74, 6) is -0.0678. The summed E-state index contributed by atoms with van der Waals surface area (Å²) in [6, 6.07) is 5.36. The first-order valence-corrected chi connectivity index (χ1v) is 6.86. The van der Waals surface area contributed by atoms with E-state index in [2.05, 4.69) is 25.1 Å². The lowest BCUT2D eigenvalue weighted by atomic mass is 10.1. The Morgan fingerprint density at radius 2 is 2.23 bits per heavy atom. The molecular formula is C14H12N6O2. The van der Waals surface area contributed by atoms with Crippen molar-refractivity contribution in [2.75, 3.05) is 6.54 Å². The van der Waals surface area contributed by atoms with Gasteiger partial charge in [0.1, 0.15) is 5.69 Å². The van der Waals surface area contributed by atoms with E-state index in [0.29, 0.717) is 25.2 Å². The molecule has 1 aliphatic heterocycles. The zero-order valence-electron chi connectivity index (χ0n) is 11.6. The molecule has 0 radical (unpaired) electrons. The fourth-order valence-corrected chi connectivity index (χ4v) is 2.42. The first-order chi connectivity index (χ1) is 10.8. The van der Waals surface area contributed by atoms with Crippen LogP contribution in [0.4, 0.5) is 0 Å². The number of hydrogen-bond donors (Lipinski definition) is 1. The number of fused-ring (bicyclic) bond motifs is 1. The minimum absolute atomic E-state index is 0.0244. The van der Waals surface area contributed by atoms with E-state index in [4.69, 9.17) is 4.42 Å². The minimum atomic E-state index is -0.282. The molecule has 1 N–H and O–H groups in total. The smallest absolute Gasteiger partial charge is 0.311 e. The molecular weight excluding hydrogens is 284 g/mol. The van der Waals surface area contributed by atoms with E-state index in [9.17, 15) is 4.79 Å². The molecule has 0 saturated heterocycles. The van der Waals surface area contributed by atoms with Crippen molar-refractivity contribution in [1.29, 1.82) is 0 Å². The number of imidazole rings is 1. The summed E-state index contributed by atoms with van der Waals surface area (Å²) in [4.78, 5) is 25.5. The first kappa shape index (κ1) is 12.7. The van der Waals surface area contributed by atoms with Crippen LogP contribution in [-0.4, -0.2) is 42.5 Å². The minimum Gasteiger partial charge on any atom is -0.411 e. The molecule has 22 heavy (non-hydrogen) atoms. The molecule has 0 fully saturated rings. The van der Waals surface area contributed by atoms with Gasteiger partial charge in [-0.25, -0.2) is 4.98 Å². The lowest BCUT2D eigenvalue weighted by Gasteiger charge is -2.24. The molecule has 0 spiro atoms. The summed E-state index contributed by atoms with van der Waals surface area (Å²) in [5, 5.41) is 7.73. The van der Waals surface area contributed by atoms with Gasteiger partial charge in [0.05, 0.1) is 24.3 Å². The van der Waals surface area contributed by atoms with E-state index in [1.807, 2.05) is 6.07 Å². The first-order valence-electron chi connectivity index (χ1n) is 6.86. The highest BCUT2D eigenvalue weighted by atomic mass is 16.4. The Morgan fingerprint density at radius 1 is 1.27 bits per heavy atom. The number of pyridine rings is 1. The van der Waals surface area contributed by atoms with Gasteiger partial charge in [0.25, 0.3) is 5.89 Å². The van der Waals surface area contributed by atoms with Crippen LogP contribution in [-0.2, 0) is 13.0 Å². The van der Waals surface area contributed by atoms with Gasteiger partial charge in [0.2, 0.25) is 0 Å². The lowest BCUT2D eigenvalue weighted by Crippen LogP contribution is -2.36. The van der Waals surface area contributed by atoms with E-state index in [0.717, 1.165) is 11.4 Å². The summed E-state index contributed by atoms with van der Waals surface area (Å²) >= 11 is 0. The summed E-state index contributed by atoms with van der Waals surface area (Å²) in [6.45, 7) is 1.05. The lowest BCUT2D eigenvalue weighted by molar-refractivity contribution is 0.0692. The number of nitrogens with one attached hydrogen (secondary N) is 1. The van der Waals surface area contributed by atoms with Crippen molar-refractivity contribution >= 4 is 5.91 Å². The molecule has 4 rings (SSSR count). The van der Waals surface area contributed by atoms with E-state index in [1.165, 1.54) is 0 Å². The van der Waals surface area contributed by atoms with Gasteiger partial charge < -0.3 is 14.3 Å². The monoisotopic (exact) mass is 296 g/mol. The number of aromatic nitrogens is 5. The fourth-order valence-electron chi connectivity index (χ4n) is 2.42. The average Bonchev–Trinajstić information content (AvgIpc) is 3.23. The van der Waals surface area contributed by atoms with Crippen molar-refractivity contribution in [1.82, 2.24) is 30.0 Å². The molecule has 0 atom stereocenters. The molecule has 0 aliphatic carbocycles. The second kappa shape index (κ2) is 5.06. The SMILES string of the molecule is O=C(c1nnc(-c2ccccn2)o1)N1CCc2nc[nH]c2C1. The Balaban J connectivity index is 1.56. The number of amides is 1. The predicted molar refractivity (Wildman–Crippen MR) is 74.6 cm³/mol. The standard InChI is InChI=1S/C14H12N6O2/c21-14(20-6-4-9-11(7-20)17-8-16-9)13-19-18-12(22-13)10-3-1-2-5-15-10/h1-3,5,8H,4,6-7H2,(H,16,17). The maximum absolute atomic E-state index is 12.5. The fraction of sp³-hybridized carbons (Fsp3) is 0.214. The second-order valence-corrected chi connectivity index (χ2v) is 4.93. The topological polar surface area (TPSA) is 101 Å². The van der Waals surface area contributed by atoms with Gasteiger partial charge >= 0.3 is 11.8 Å². The van der Waals surface area contributed by atoms with Crippen molar-refractivity contribution in [2.45, 2.75) is 13.0 Å². The van der Waals surface area contributed by atoms with Gasteiger partial charge in [-0.3, -0.25) is 9.78 Å². The van der Waals surface area contributed by atoms with Crippen LogP contribution in [0.1, 0.15) is 22.1 Å². The Kier molecular flexibility index (Phi) is 2.92. The van der Waals surface area contributed by atoms with Crippen molar-refractivity contribution in [3.8, 4) is 11.6 Å². The summed E-state index contributed by atoms with van der Waals surface area (Å²) in [7, 11) is 0. The number of hydrogen-bond acceptors (Lipinski definition) is 6. The average molecular weight is 296 g/mol. The van der Waals surface area contributed by atoms with Crippen LogP contribution in [0.5, 0.6) is 0 Å². The third-order valence-corrected chi connectivity index (χ3v) is 3.55. The zero-order chi connectivity index (χ0) is 14.9. The molecule has 1 amide bonds. The van der Waals surface area contributed by atoms with Crippen LogP contribution in [0.25, 0.3) is 11.6 Å². The van der Waals surface area contributed by atoms with Gasteiger partial charge in [-0.2, -0.15) is 0 Å². The molecule has 8 heteroatoms. The van der Waals surface area contributed by atoms with Gasteiger partial charge in [0.15, 0.2) is 0 Å². The number of nitrogens with zero attached hydrogens (tertiary/aromatic N) is 5. The highest BCUT2D eigenvalue weighted by Gasteiger charge is 2.27. The maximum Gasteiger partial charge on any atom is 0.311 e. The van der Waals surface area contributed by atoms with Gasteiger partial charge in [-0.05, 0) is 12.1 Å². The molecule has 0 bridgehead atoms. The summed E-state index contributed by atoms with van der Waals surface area (Å²) < 4.78 is 5.45. The molecule has 0 saturated carbocycles. The van der Waals surface area contributed by atoms with Crippen LogP contribution in [0.15, 0.2) is 35.1 Å². The molecule has 0 aromatic carbocycles. The number of H-pyrrole nitrogens is 1. The van der Waals surface area contributed by atoms with Crippen molar-refractivity contribution in [3.63, 3.8) is 0 Å². The third-order valence-electron chi connectivity index (χ3n) is 3.55. The number of carbonyl (C=O) groups excluding carboxylic acids is 1. The largest absolute Gasteiger partial charge is 0.411 e. The summed E-state index contributed by atoms with van der Waals surface area (Å²) in [5.41, 5.74) is 2.50. The van der Waals surface area contributed by atoms with Gasteiger partial charge in [-0.1, -0.05) is 6.07 Å². The molecule has 0 unspecified atom stereocenters. The molecule has 3 aromatic rings. The van der Waals surface area contributed by atoms with Crippen molar-refractivity contribution in [3.05, 3.63) is 48.0 Å². The predicted octanol–water partition coefficient (Wildman–Crippen LogP) is 1.05. The number of rotatable bonds is 2. The summed E-state index contributed by atoms with van der Waals surface area (Å²) in [6.07, 6.45) is 3.99. The van der Waals surface area contributed by atoms with Gasteiger partial charge in [0, 0.05) is 19.2 Å². The Bertz CT molecular complexity index is 810. The molecule has 8 nitrogen and oxygen atoms in total. The van der Waals surface area contributed by atoms with Crippen molar-refractivity contribution < 1.29 is 9.21 Å². The highest BCUT2D eigenvalue weighted by Crippen LogP contribution is 2.19. The third kappa shape index (κ3) is 2.14. The Morgan fingerprint density at radius 3 is 3.09 bits per heavy atom. The number of carbonyl (C=O) groups is 1. The zero-order valence-corrected chi connectivity index (χ0v) is 11.6. The van der Waals surface area contributed by atoms with Crippen LogP contribution in [0.2, 0.25) is 0 Å². The van der Waals surface area contributed by atoms with Crippen LogP contribution in [0, 0.1) is 0 Å². The van der Waals surface area contributed by atoms with E-state index in [1.54, 1.807) is 29.6 Å². The van der Waals surface area contributed by atoms with E-state index in [-0.39, 0.29) is 17.7 Å². The maximum atomic E-state index is 12.5. The van der Waals surface area contributed by atoms with E-state index < -0.39 is 0 Å². The van der Waals surface area contributed by atoms with Crippen LogP contribution in [0.3, 0.4) is 0 Å². The van der Waals surface area contributed by atoms with Crippen LogP contribution < -0.4 is 0 Å². The molecule has 4 heterocycles. The van der Waals surface area contributed by atoms with E-state index >= 15 is 0 Å². The Hall–Kier alpha value is -3.03. The van der Waals surface area contributed by atoms with Gasteiger partial charge in [-0.15, -0.1) is 10.2 Å². The Labute approximate surface area is 125 Å². The van der Waals surface area contributed by atoms with Crippen molar-refractivity contribution in [2.24, 2.45) is 0 Å². The highest BCUT2D eigenvalue weighted by molar-refractivity contribution is 5.89. The molecule has 1 aliphatic rings. The molecule has 110 valence electrons. The normalized spacial score (nSPS) is 13.9. The number of aromatic amines is 1. The van der Waals surface area contributed by atoms with Crippen LogP contribution >= 0.6 is 0 Å². The molecule has 3 aromatic heterocycles. The quantitative estimate of drug-likeness (QED) is 0.758. The second-order valence-electron chi connectivity index (χ2n) is 4.93.